The van der Waals surface area contributed by atoms with Crippen LogP contribution in [0.5, 0.6) is 0 Å². The molecule has 3 rings (SSSR count). The number of nitrogens with zero attached hydrogens (tertiary/aromatic N) is 1. The fourth-order valence-corrected chi connectivity index (χ4v) is 2.96. The number of rotatable bonds is 4. The molecule has 6 heteroatoms. The minimum atomic E-state index is -2.80. The third-order valence-electron chi connectivity index (χ3n) is 3.30. The summed E-state index contributed by atoms with van der Waals surface area (Å²) in [5, 5.41) is 0. The fourth-order valence-electron chi connectivity index (χ4n) is 2.21. The molecule has 0 radical (unpaired) electrons. The van der Waals surface area contributed by atoms with Gasteiger partial charge >= 0.3 is 0 Å². The average molecular weight is 333 g/mol. The number of hydrogen-bond acceptors (Lipinski definition) is 3. The van der Waals surface area contributed by atoms with Crippen molar-refractivity contribution in [3.05, 3.63) is 76.4 Å². The molecule has 2 aromatic carbocycles. The van der Waals surface area contributed by atoms with E-state index in [1.165, 1.54) is 24.3 Å². The topological polar surface area (TPSA) is 30.0 Å². The molecule has 0 aliphatic heterocycles. The van der Waals surface area contributed by atoms with E-state index in [2.05, 4.69) is 4.37 Å². The van der Waals surface area contributed by atoms with Gasteiger partial charge in [-0.1, -0.05) is 30.3 Å². The van der Waals surface area contributed by atoms with Crippen molar-refractivity contribution >= 4 is 17.3 Å². The van der Waals surface area contributed by atoms with Gasteiger partial charge in [-0.3, -0.25) is 4.79 Å². The third kappa shape index (κ3) is 3.03. The summed E-state index contributed by atoms with van der Waals surface area (Å²) in [7, 11) is 0. The largest absolute Gasteiger partial charge is 0.288 e. The van der Waals surface area contributed by atoms with Crippen LogP contribution < -0.4 is 0 Å². The maximum Gasteiger partial charge on any atom is 0.275 e. The van der Waals surface area contributed by atoms with Gasteiger partial charge in [-0.25, -0.2) is 13.2 Å². The SMILES string of the molecule is O=C(c1ccccc1)c1c(-c2ccc(F)cc2)nsc1C(F)F. The van der Waals surface area contributed by atoms with Crippen LogP contribution in [0.25, 0.3) is 11.3 Å². The van der Waals surface area contributed by atoms with E-state index >= 15 is 0 Å². The summed E-state index contributed by atoms with van der Waals surface area (Å²) in [4.78, 5) is 12.3. The van der Waals surface area contributed by atoms with Gasteiger partial charge in [0.15, 0.2) is 5.78 Å². The van der Waals surface area contributed by atoms with Crippen LogP contribution in [0, 0.1) is 5.82 Å². The molecule has 2 nitrogen and oxygen atoms in total. The zero-order chi connectivity index (χ0) is 16.4. The number of carbonyl (C=O) groups excluding carboxylic acids is 1. The summed E-state index contributed by atoms with van der Waals surface area (Å²) in [5.41, 5.74) is 0.758. The lowest BCUT2D eigenvalue weighted by Gasteiger charge is -2.06. The lowest BCUT2D eigenvalue weighted by Crippen LogP contribution is -2.05. The van der Waals surface area contributed by atoms with Gasteiger partial charge in [0.1, 0.15) is 10.7 Å². The van der Waals surface area contributed by atoms with Gasteiger partial charge in [0.2, 0.25) is 0 Å². The highest BCUT2D eigenvalue weighted by Gasteiger charge is 2.27. The summed E-state index contributed by atoms with van der Waals surface area (Å²) in [6.07, 6.45) is -2.80. The molecule has 1 heterocycles. The van der Waals surface area contributed by atoms with E-state index in [9.17, 15) is 18.0 Å². The van der Waals surface area contributed by atoms with Crippen LogP contribution in [-0.2, 0) is 0 Å². The highest BCUT2D eigenvalue weighted by Crippen LogP contribution is 2.36. The van der Waals surface area contributed by atoms with E-state index in [1.807, 2.05) is 0 Å². The summed E-state index contributed by atoms with van der Waals surface area (Å²) in [6, 6.07) is 13.4. The summed E-state index contributed by atoms with van der Waals surface area (Å²) in [6.45, 7) is 0. The summed E-state index contributed by atoms with van der Waals surface area (Å²) >= 11 is 0.592. The molecule has 0 spiro atoms. The molecule has 3 aromatic rings. The van der Waals surface area contributed by atoms with E-state index in [0.29, 0.717) is 22.7 Å². The first-order valence-corrected chi connectivity index (χ1v) is 7.48. The maximum absolute atomic E-state index is 13.3. The first kappa shape index (κ1) is 15.4. The summed E-state index contributed by atoms with van der Waals surface area (Å²) in [5.74, 6) is -0.969. The Morgan fingerprint density at radius 1 is 1.00 bits per heavy atom. The Morgan fingerprint density at radius 3 is 2.26 bits per heavy atom. The predicted molar refractivity (Wildman–Crippen MR) is 82.3 cm³/mol. The Morgan fingerprint density at radius 2 is 1.65 bits per heavy atom. The van der Waals surface area contributed by atoms with E-state index in [-0.39, 0.29) is 16.1 Å². The normalized spacial score (nSPS) is 11.0. The van der Waals surface area contributed by atoms with Crippen molar-refractivity contribution in [2.75, 3.05) is 0 Å². The molecule has 0 saturated carbocycles. The van der Waals surface area contributed by atoms with Crippen LogP contribution in [0.3, 0.4) is 0 Å². The van der Waals surface area contributed by atoms with Crippen molar-refractivity contribution in [3.8, 4) is 11.3 Å². The number of carbonyl (C=O) groups is 1. The van der Waals surface area contributed by atoms with Crippen LogP contribution in [-0.4, -0.2) is 10.2 Å². The number of alkyl halides is 2. The molecule has 0 saturated heterocycles. The molecule has 1 aromatic heterocycles. The van der Waals surface area contributed by atoms with E-state index in [1.54, 1.807) is 30.3 Å². The number of aromatic nitrogens is 1. The summed E-state index contributed by atoms with van der Waals surface area (Å²) < 4.78 is 43.6. The second-order valence-corrected chi connectivity index (χ2v) is 5.58. The first-order chi connectivity index (χ1) is 11.1. The Balaban J connectivity index is 2.15. The highest BCUT2D eigenvalue weighted by atomic mass is 32.1. The van der Waals surface area contributed by atoms with Crippen molar-refractivity contribution in [1.82, 2.24) is 4.37 Å². The van der Waals surface area contributed by atoms with Gasteiger partial charge in [-0.15, -0.1) is 0 Å². The Kier molecular flexibility index (Phi) is 4.25. The molecule has 23 heavy (non-hydrogen) atoms. The third-order valence-corrected chi connectivity index (χ3v) is 4.15. The highest BCUT2D eigenvalue weighted by molar-refractivity contribution is 7.06. The van der Waals surface area contributed by atoms with Gasteiger partial charge in [-0.2, -0.15) is 4.37 Å². The van der Waals surface area contributed by atoms with E-state index in [4.69, 9.17) is 0 Å². The molecule has 0 amide bonds. The zero-order valence-electron chi connectivity index (χ0n) is 11.7. The second-order valence-electron chi connectivity index (χ2n) is 4.77. The Hall–Kier alpha value is -2.47. The molecule has 0 N–H and O–H groups in total. The quantitative estimate of drug-likeness (QED) is 0.621. The molecule has 0 aliphatic rings. The monoisotopic (exact) mass is 333 g/mol. The van der Waals surface area contributed by atoms with Gasteiger partial charge in [-0.05, 0) is 35.8 Å². The second kappa shape index (κ2) is 6.34. The predicted octanol–water partition coefficient (Wildman–Crippen LogP) is 5.12. The van der Waals surface area contributed by atoms with Crippen LogP contribution in [0.4, 0.5) is 13.2 Å². The van der Waals surface area contributed by atoms with Crippen LogP contribution >= 0.6 is 11.5 Å². The molecule has 116 valence electrons. The average Bonchev–Trinajstić information content (AvgIpc) is 3.01. The molecule has 0 bridgehead atoms. The van der Waals surface area contributed by atoms with Crippen molar-refractivity contribution in [2.45, 2.75) is 6.43 Å². The van der Waals surface area contributed by atoms with Crippen molar-refractivity contribution in [3.63, 3.8) is 0 Å². The minimum absolute atomic E-state index is 0.122. The minimum Gasteiger partial charge on any atom is -0.288 e. The van der Waals surface area contributed by atoms with Crippen molar-refractivity contribution in [2.24, 2.45) is 0 Å². The molecule has 0 aliphatic carbocycles. The zero-order valence-corrected chi connectivity index (χ0v) is 12.5. The van der Waals surface area contributed by atoms with E-state index < -0.39 is 18.0 Å². The molecule has 0 unspecified atom stereocenters. The van der Waals surface area contributed by atoms with Crippen molar-refractivity contribution < 1.29 is 18.0 Å². The number of halogens is 3. The maximum atomic E-state index is 13.3. The number of hydrogen-bond donors (Lipinski definition) is 0. The fraction of sp³-hybridized carbons (Fsp3) is 0.0588. The van der Waals surface area contributed by atoms with Gasteiger partial charge < -0.3 is 0 Å². The Labute approximate surface area is 134 Å². The van der Waals surface area contributed by atoms with Gasteiger partial charge in [0, 0.05) is 11.1 Å². The number of ketones is 1. The van der Waals surface area contributed by atoms with Gasteiger partial charge in [0.05, 0.1) is 11.3 Å². The van der Waals surface area contributed by atoms with Crippen molar-refractivity contribution in [1.29, 1.82) is 0 Å². The standard InChI is InChI=1S/C17H10F3NOS/c18-12-8-6-10(7-9-12)14-13(16(17(19)20)23-21-14)15(22)11-4-2-1-3-5-11/h1-9,17H. The van der Waals surface area contributed by atoms with Crippen LogP contribution in [0.15, 0.2) is 54.6 Å². The Bertz CT molecular complexity index is 829. The molecular weight excluding hydrogens is 323 g/mol. The number of benzene rings is 2. The van der Waals surface area contributed by atoms with Crippen LogP contribution in [0.1, 0.15) is 27.2 Å². The van der Waals surface area contributed by atoms with Gasteiger partial charge in [0.25, 0.3) is 6.43 Å². The smallest absolute Gasteiger partial charge is 0.275 e. The lowest BCUT2D eigenvalue weighted by atomic mass is 9.98. The van der Waals surface area contributed by atoms with E-state index in [0.717, 1.165) is 0 Å². The molecular formula is C17H10F3NOS. The molecule has 0 atom stereocenters. The first-order valence-electron chi connectivity index (χ1n) is 6.71. The molecule has 0 fully saturated rings. The van der Waals surface area contributed by atoms with Crippen LogP contribution in [0.2, 0.25) is 0 Å². The lowest BCUT2D eigenvalue weighted by molar-refractivity contribution is 0.102.